The summed E-state index contributed by atoms with van der Waals surface area (Å²) < 4.78 is 0. The van der Waals surface area contributed by atoms with E-state index in [1.165, 1.54) is 6.33 Å². The number of hydrogen-bond donors (Lipinski definition) is 2. The molecule has 6 nitrogen and oxygen atoms in total. The molecule has 4 rings (SSSR count). The Morgan fingerprint density at radius 1 is 1.05 bits per heavy atom. The molecule has 0 amide bonds. The van der Waals surface area contributed by atoms with Crippen molar-refractivity contribution in [2.45, 2.75) is 0 Å². The summed E-state index contributed by atoms with van der Waals surface area (Å²) in [6.45, 7) is 0. The van der Waals surface area contributed by atoms with Gasteiger partial charge in [0.2, 0.25) is 0 Å². The van der Waals surface area contributed by atoms with Gasteiger partial charge in [0.05, 0.1) is 17.5 Å². The van der Waals surface area contributed by atoms with Gasteiger partial charge in [-0.15, -0.1) is 0 Å². The Kier molecular flexibility index (Phi) is 2.17. The first-order valence-electron chi connectivity index (χ1n) is 6.09. The van der Waals surface area contributed by atoms with Gasteiger partial charge in [-0.3, -0.25) is 4.79 Å². The van der Waals surface area contributed by atoms with E-state index in [9.17, 15) is 4.79 Å². The summed E-state index contributed by atoms with van der Waals surface area (Å²) in [6.07, 6.45) is 4.95. The lowest BCUT2D eigenvalue weighted by Gasteiger charge is -2.02. The molecule has 2 N–H and O–H groups in total. The van der Waals surface area contributed by atoms with Crippen molar-refractivity contribution in [3.63, 3.8) is 0 Å². The first-order valence-corrected chi connectivity index (χ1v) is 6.09. The van der Waals surface area contributed by atoms with Crippen molar-refractivity contribution >= 4 is 22.1 Å². The molecule has 0 saturated heterocycles. The molecule has 20 heavy (non-hydrogen) atoms. The summed E-state index contributed by atoms with van der Waals surface area (Å²) in [6, 6.07) is 7.55. The third-order valence-electron chi connectivity index (χ3n) is 3.18. The van der Waals surface area contributed by atoms with Crippen molar-refractivity contribution in [3.8, 4) is 11.3 Å². The predicted molar refractivity (Wildman–Crippen MR) is 75.2 cm³/mol. The zero-order chi connectivity index (χ0) is 13.5. The molecule has 0 aliphatic rings. The van der Waals surface area contributed by atoms with Crippen molar-refractivity contribution < 1.29 is 0 Å². The maximum Gasteiger partial charge on any atom is 0.277 e. The van der Waals surface area contributed by atoms with E-state index in [-0.39, 0.29) is 5.56 Å². The molecule has 4 aromatic heterocycles. The van der Waals surface area contributed by atoms with Crippen LogP contribution in [0.5, 0.6) is 0 Å². The molecule has 0 fully saturated rings. The average Bonchev–Trinajstić information content (AvgIpc) is 2.95. The maximum absolute atomic E-state index is 11.8. The number of H-pyrrole nitrogens is 2. The van der Waals surface area contributed by atoms with Gasteiger partial charge in [-0.05, 0) is 24.3 Å². The minimum atomic E-state index is -0.243. The quantitative estimate of drug-likeness (QED) is 0.548. The van der Waals surface area contributed by atoms with Gasteiger partial charge >= 0.3 is 0 Å². The van der Waals surface area contributed by atoms with E-state index < -0.39 is 0 Å². The van der Waals surface area contributed by atoms with Crippen LogP contribution in [0.3, 0.4) is 0 Å². The van der Waals surface area contributed by atoms with Gasteiger partial charge in [0.1, 0.15) is 5.65 Å². The second-order valence-electron chi connectivity index (χ2n) is 4.44. The highest BCUT2D eigenvalue weighted by atomic mass is 16.1. The van der Waals surface area contributed by atoms with Crippen molar-refractivity contribution in [1.82, 2.24) is 24.9 Å². The van der Waals surface area contributed by atoms with Gasteiger partial charge < -0.3 is 9.97 Å². The first-order chi connectivity index (χ1) is 9.81. The molecule has 0 bridgehead atoms. The topological polar surface area (TPSA) is 87.3 Å². The normalized spacial score (nSPS) is 11.2. The van der Waals surface area contributed by atoms with E-state index in [1.54, 1.807) is 12.3 Å². The first kappa shape index (κ1) is 10.9. The van der Waals surface area contributed by atoms with Gasteiger partial charge in [0.25, 0.3) is 5.56 Å². The molecular formula is C14H9N5O. The second kappa shape index (κ2) is 3.99. The Labute approximate surface area is 112 Å². The Balaban J connectivity index is 1.96. The molecule has 96 valence electrons. The van der Waals surface area contributed by atoms with Crippen LogP contribution in [0.4, 0.5) is 0 Å². The van der Waals surface area contributed by atoms with Crippen LogP contribution in [0, 0.1) is 0 Å². The summed E-state index contributed by atoms with van der Waals surface area (Å²) >= 11 is 0. The van der Waals surface area contributed by atoms with Crippen molar-refractivity contribution in [3.05, 3.63) is 53.3 Å². The van der Waals surface area contributed by atoms with E-state index in [0.29, 0.717) is 16.7 Å². The van der Waals surface area contributed by atoms with Crippen LogP contribution in [-0.4, -0.2) is 24.9 Å². The average molecular weight is 263 g/mol. The number of nitrogens with one attached hydrogen (secondary N) is 2. The number of rotatable bonds is 1. The SMILES string of the molecule is O=c1[nH]cnc2ccc(-c3cnc4[nH]ccc4c3)nc12. The lowest BCUT2D eigenvalue weighted by Crippen LogP contribution is -2.08. The van der Waals surface area contributed by atoms with Crippen molar-refractivity contribution in [2.75, 3.05) is 0 Å². The number of aromatic amines is 2. The minimum Gasteiger partial charge on any atom is -0.346 e. The monoisotopic (exact) mass is 263 g/mol. The number of aromatic nitrogens is 5. The summed E-state index contributed by atoms with van der Waals surface area (Å²) in [7, 11) is 0. The van der Waals surface area contributed by atoms with Crippen LogP contribution >= 0.6 is 0 Å². The second-order valence-corrected chi connectivity index (χ2v) is 4.44. The minimum absolute atomic E-state index is 0.243. The Hall–Kier alpha value is -3.02. The summed E-state index contributed by atoms with van der Waals surface area (Å²) in [5.41, 5.74) is 3.06. The third kappa shape index (κ3) is 1.58. The molecule has 0 spiro atoms. The molecule has 0 saturated carbocycles. The van der Waals surface area contributed by atoms with Gasteiger partial charge in [-0.1, -0.05) is 0 Å². The van der Waals surface area contributed by atoms with Gasteiger partial charge in [0.15, 0.2) is 5.52 Å². The van der Waals surface area contributed by atoms with Crippen molar-refractivity contribution in [2.24, 2.45) is 0 Å². The summed E-state index contributed by atoms with van der Waals surface area (Å²) in [4.78, 5) is 30.1. The molecule has 6 heteroatoms. The molecule has 0 radical (unpaired) electrons. The van der Waals surface area contributed by atoms with E-state index in [4.69, 9.17) is 0 Å². The van der Waals surface area contributed by atoms with Gasteiger partial charge in [0, 0.05) is 23.3 Å². The zero-order valence-corrected chi connectivity index (χ0v) is 10.3. The fourth-order valence-electron chi connectivity index (χ4n) is 2.19. The Morgan fingerprint density at radius 2 is 2.00 bits per heavy atom. The van der Waals surface area contributed by atoms with Crippen molar-refractivity contribution in [1.29, 1.82) is 0 Å². The molecule has 0 aromatic carbocycles. The standard InChI is InChI=1S/C14H9N5O/c20-14-12-11(17-7-18-14)2-1-10(19-12)9-5-8-3-4-15-13(8)16-6-9/h1-7H,(H,15,16)(H,17,18,20). The largest absolute Gasteiger partial charge is 0.346 e. The lowest BCUT2D eigenvalue weighted by atomic mass is 10.1. The number of nitrogens with zero attached hydrogens (tertiary/aromatic N) is 3. The summed E-state index contributed by atoms with van der Waals surface area (Å²) in [5.74, 6) is 0. The fourth-order valence-corrected chi connectivity index (χ4v) is 2.19. The van der Waals surface area contributed by atoms with Gasteiger partial charge in [-0.25, -0.2) is 15.0 Å². The molecule has 0 atom stereocenters. The van der Waals surface area contributed by atoms with E-state index in [0.717, 1.165) is 16.6 Å². The number of hydrogen-bond acceptors (Lipinski definition) is 4. The van der Waals surface area contributed by atoms with Crippen LogP contribution in [-0.2, 0) is 0 Å². The van der Waals surface area contributed by atoms with E-state index in [2.05, 4.69) is 24.9 Å². The van der Waals surface area contributed by atoms with Crippen LogP contribution < -0.4 is 5.56 Å². The molecule has 4 aromatic rings. The van der Waals surface area contributed by atoms with Crippen LogP contribution in [0.1, 0.15) is 0 Å². The molecule has 0 unspecified atom stereocenters. The molecule has 0 aliphatic heterocycles. The Bertz CT molecular complexity index is 985. The van der Waals surface area contributed by atoms with Crippen LogP contribution in [0.15, 0.2) is 47.8 Å². The number of fused-ring (bicyclic) bond motifs is 2. The zero-order valence-electron chi connectivity index (χ0n) is 10.3. The highest BCUT2D eigenvalue weighted by Gasteiger charge is 2.06. The van der Waals surface area contributed by atoms with E-state index in [1.807, 2.05) is 24.4 Å². The number of pyridine rings is 2. The third-order valence-corrected chi connectivity index (χ3v) is 3.18. The summed E-state index contributed by atoms with van der Waals surface area (Å²) in [5, 5.41) is 1.00. The molecule has 4 heterocycles. The highest BCUT2D eigenvalue weighted by Crippen LogP contribution is 2.21. The van der Waals surface area contributed by atoms with Crippen LogP contribution in [0.25, 0.3) is 33.3 Å². The molecule has 0 aliphatic carbocycles. The smallest absolute Gasteiger partial charge is 0.277 e. The Morgan fingerprint density at radius 3 is 2.95 bits per heavy atom. The van der Waals surface area contributed by atoms with Gasteiger partial charge in [-0.2, -0.15) is 0 Å². The van der Waals surface area contributed by atoms with Crippen LogP contribution in [0.2, 0.25) is 0 Å². The fraction of sp³-hybridized carbons (Fsp3) is 0. The predicted octanol–water partition coefficient (Wildman–Crippen LogP) is 1.86. The van der Waals surface area contributed by atoms with E-state index >= 15 is 0 Å². The highest BCUT2D eigenvalue weighted by molar-refractivity contribution is 5.82. The lowest BCUT2D eigenvalue weighted by molar-refractivity contribution is 1.15. The molecular weight excluding hydrogens is 254 g/mol. The maximum atomic E-state index is 11.8.